The van der Waals surface area contributed by atoms with Crippen LogP contribution in [0, 0.1) is 0 Å². The number of ether oxygens (including phenoxy) is 1. The summed E-state index contributed by atoms with van der Waals surface area (Å²) in [5.74, 6) is 1.05. The van der Waals surface area contributed by atoms with Crippen molar-refractivity contribution in [3.8, 4) is 5.75 Å². The number of anilines is 1. The van der Waals surface area contributed by atoms with Crippen LogP contribution in [0.3, 0.4) is 0 Å². The van der Waals surface area contributed by atoms with Gasteiger partial charge >= 0.3 is 0 Å². The van der Waals surface area contributed by atoms with Crippen molar-refractivity contribution in [2.75, 3.05) is 31.1 Å². The zero-order valence-corrected chi connectivity index (χ0v) is 13.0. The molecular weight excluding hydrogens is 248 g/mol. The third-order valence-electron chi connectivity index (χ3n) is 3.78. The lowest BCUT2D eigenvalue weighted by molar-refractivity contribution is 0.339. The number of rotatable bonds is 7. The Bertz CT molecular complexity index is 400. The van der Waals surface area contributed by atoms with Gasteiger partial charge in [0.15, 0.2) is 0 Å². The van der Waals surface area contributed by atoms with Crippen LogP contribution in [0.1, 0.15) is 45.1 Å². The maximum atomic E-state index is 5.87. The van der Waals surface area contributed by atoms with E-state index < -0.39 is 0 Å². The van der Waals surface area contributed by atoms with Crippen LogP contribution in [0.15, 0.2) is 18.2 Å². The van der Waals surface area contributed by atoms with Crippen LogP contribution in [0.5, 0.6) is 5.75 Å². The van der Waals surface area contributed by atoms with Crippen molar-refractivity contribution < 1.29 is 4.74 Å². The summed E-state index contributed by atoms with van der Waals surface area (Å²) in [6, 6.07) is 6.67. The smallest absolute Gasteiger partial charge is 0.142 e. The second-order valence-electron chi connectivity index (χ2n) is 5.46. The molecule has 0 saturated carbocycles. The highest BCUT2D eigenvalue weighted by Gasteiger charge is 2.15. The van der Waals surface area contributed by atoms with Gasteiger partial charge in [-0.15, -0.1) is 0 Å². The van der Waals surface area contributed by atoms with E-state index in [0.29, 0.717) is 0 Å². The van der Waals surface area contributed by atoms with Crippen LogP contribution in [-0.2, 0) is 6.54 Å². The molecule has 1 saturated heterocycles. The summed E-state index contributed by atoms with van der Waals surface area (Å²) in [6.45, 7) is 9.29. The average Bonchev–Trinajstić information content (AvgIpc) is 2.49. The number of nitrogens with one attached hydrogen (secondary N) is 1. The molecule has 0 unspecified atom stereocenters. The number of hydrogen-bond donors (Lipinski definition) is 1. The first-order valence-electron chi connectivity index (χ1n) is 8.06. The fourth-order valence-corrected chi connectivity index (χ4v) is 2.75. The lowest BCUT2D eigenvalue weighted by Gasteiger charge is -2.30. The molecule has 112 valence electrons. The fourth-order valence-electron chi connectivity index (χ4n) is 2.75. The number of piperidine rings is 1. The molecule has 20 heavy (non-hydrogen) atoms. The molecule has 1 heterocycles. The Balaban J connectivity index is 2.09. The highest BCUT2D eigenvalue weighted by atomic mass is 16.5. The zero-order valence-electron chi connectivity index (χ0n) is 13.0. The van der Waals surface area contributed by atoms with Crippen LogP contribution >= 0.6 is 0 Å². The average molecular weight is 276 g/mol. The normalized spacial score (nSPS) is 15.4. The molecule has 1 aromatic rings. The fraction of sp³-hybridized carbons (Fsp3) is 0.647. The van der Waals surface area contributed by atoms with Gasteiger partial charge in [0.2, 0.25) is 0 Å². The number of benzene rings is 1. The largest absolute Gasteiger partial charge is 0.492 e. The summed E-state index contributed by atoms with van der Waals surface area (Å²) in [6.07, 6.45) is 5.13. The second kappa shape index (κ2) is 8.15. The first-order valence-corrected chi connectivity index (χ1v) is 8.06. The third-order valence-corrected chi connectivity index (χ3v) is 3.78. The Morgan fingerprint density at radius 2 is 1.95 bits per heavy atom. The lowest BCUT2D eigenvalue weighted by Crippen LogP contribution is -2.29. The molecular formula is C17H28N2O. The summed E-state index contributed by atoms with van der Waals surface area (Å²) in [5.41, 5.74) is 2.58. The van der Waals surface area contributed by atoms with Gasteiger partial charge < -0.3 is 15.0 Å². The first kappa shape index (κ1) is 15.2. The van der Waals surface area contributed by atoms with Crippen molar-refractivity contribution in [2.45, 2.75) is 46.1 Å². The van der Waals surface area contributed by atoms with Crippen LogP contribution in [-0.4, -0.2) is 26.2 Å². The number of hydrogen-bond acceptors (Lipinski definition) is 3. The molecule has 0 atom stereocenters. The molecule has 0 spiro atoms. The van der Waals surface area contributed by atoms with Crippen LogP contribution in [0.2, 0.25) is 0 Å². The van der Waals surface area contributed by atoms with Crippen molar-refractivity contribution in [3.05, 3.63) is 23.8 Å². The maximum absolute atomic E-state index is 5.87. The maximum Gasteiger partial charge on any atom is 0.142 e. The van der Waals surface area contributed by atoms with E-state index in [-0.39, 0.29) is 0 Å². The van der Waals surface area contributed by atoms with E-state index >= 15 is 0 Å². The van der Waals surface area contributed by atoms with Gasteiger partial charge in [0.25, 0.3) is 0 Å². The van der Waals surface area contributed by atoms with Crippen molar-refractivity contribution in [2.24, 2.45) is 0 Å². The van der Waals surface area contributed by atoms with Gasteiger partial charge in [-0.1, -0.05) is 13.0 Å². The molecule has 2 rings (SSSR count). The molecule has 3 heteroatoms. The van der Waals surface area contributed by atoms with Crippen molar-refractivity contribution in [1.82, 2.24) is 5.32 Å². The van der Waals surface area contributed by atoms with Crippen molar-refractivity contribution >= 4 is 5.69 Å². The van der Waals surface area contributed by atoms with E-state index in [1.807, 2.05) is 0 Å². The Labute approximate surface area is 123 Å². The van der Waals surface area contributed by atoms with E-state index in [0.717, 1.165) is 38.5 Å². The monoisotopic (exact) mass is 276 g/mol. The standard InChI is InChI=1S/C17H28N2O/c1-3-10-18-14-15-8-9-16(17(13-15)20-4-2)19-11-6-5-7-12-19/h8-9,13,18H,3-7,10-12,14H2,1-2H3. The predicted octanol–water partition coefficient (Wildman–Crippen LogP) is 3.58. The molecule has 0 aliphatic carbocycles. The van der Waals surface area contributed by atoms with Crippen LogP contribution in [0.4, 0.5) is 5.69 Å². The Morgan fingerprint density at radius 1 is 1.15 bits per heavy atom. The van der Waals surface area contributed by atoms with E-state index in [1.54, 1.807) is 0 Å². The summed E-state index contributed by atoms with van der Waals surface area (Å²) < 4.78 is 5.87. The molecule has 1 N–H and O–H groups in total. The van der Waals surface area contributed by atoms with E-state index in [9.17, 15) is 0 Å². The molecule has 0 amide bonds. The Kier molecular flexibility index (Phi) is 6.19. The summed E-state index contributed by atoms with van der Waals surface area (Å²) in [4.78, 5) is 2.47. The van der Waals surface area contributed by atoms with Gasteiger partial charge in [0, 0.05) is 19.6 Å². The highest BCUT2D eigenvalue weighted by molar-refractivity contribution is 5.60. The van der Waals surface area contributed by atoms with E-state index in [2.05, 4.69) is 42.3 Å². The Morgan fingerprint density at radius 3 is 2.65 bits per heavy atom. The molecule has 1 aliphatic heterocycles. The van der Waals surface area contributed by atoms with Crippen LogP contribution < -0.4 is 15.0 Å². The molecule has 1 aliphatic rings. The molecule has 1 fully saturated rings. The molecule has 3 nitrogen and oxygen atoms in total. The first-order chi connectivity index (χ1) is 9.85. The zero-order chi connectivity index (χ0) is 14.2. The van der Waals surface area contributed by atoms with Gasteiger partial charge in [-0.25, -0.2) is 0 Å². The van der Waals surface area contributed by atoms with Gasteiger partial charge in [-0.2, -0.15) is 0 Å². The highest BCUT2D eigenvalue weighted by Crippen LogP contribution is 2.31. The molecule has 1 aromatic carbocycles. The van der Waals surface area contributed by atoms with Crippen molar-refractivity contribution in [1.29, 1.82) is 0 Å². The van der Waals surface area contributed by atoms with E-state index in [1.165, 1.54) is 36.9 Å². The SMILES string of the molecule is CCCNCc1ccc(N2CCCCC2)c(OCC)c1. The predicted molar refractivity (Wildman–Crippen MR) is 85.7 cm³/mol. The molecule has 0 radical (unpaired) electrons. The lowest BCUT2D eigenvalue weighted by atomic mass is 10.1. The minimum atomic E-state index is 0.729. The topological polar surface area (TPSA) is 24.5 Å². The summed E-state index contributed by atoms with van der Waals surface area (Å²) in [7, 11) is 0. The minimum Gasteiger partial charge on any atom is -0.492 e. The van der Waals surface area contributed by atoms with Crippen LogP contribution in [0.25, 0.3) is 0 Å². The quantitative estimate of drug-likeness (QED) is 0.770. The summed E-state index contributed by atoms with van der Waals surface area (Å²) >= 11 is 0. The minimum absolute atomic E-state index is 0.729. The van der Waals surface area contributed by atoms with E-state index in [4.69, 9.17) is 4.74 Å². The summed E-state index contributed by atoms with van der Waals surface area (Å²) in [5, 5.41) is 3.45. The van der Waals surface area contributed by atoms with Gasteiger partial charge in [-0.3, -0.25) is 0 Å². The second-order valence-corrected chi connectivity index (χ2v) is 5.46. The molecule has 0 aromatic heterocycles. The van der Waals surface area contributed by atoms with Gasteiger partial charge in [0.05, 0.1) is 12.3 Å². The van der Waals surface area contributed by atoms with Gasteiger partial charge in [0.1, 0.15) is 5.75 Å². The third kappa shape index (κ3) is 4.14. The van der Waals surface area contributed by atoms with Crippen molar-refractivity contribution in [3.63, 3.8) is 0 Å². The van der Waals surface area contributed by atoms with Gasteiger partial charge in [-0.05, 0) is 56.8 Å². The number of nitrogens with zero attached hydrogens (tertiary/aromatic N) is 1. The Hall–Kier alpha value is -1.22. The molecule has 0 bridgehead atoms.